The van der Waals surface area contributed by atoms with Crippen molar-refractivity contribution in [3.05, 3.63) is 70.7 Å². The van der Waals surface area contributed by atoms with Gasteiger partial charge in [-0.1, -0.05) is 54.1 Å². The van der Waals surface area contributed by atoms with Crippen LogP contribution >= 0.6 is 11.6 Å². The van der Waals surface area contributed by atoms with Crippen molar-refractivity contribution in [1.82, 2.24) is 10.2 Å². The smallest absolute Gasteiger partial charge is 0.253 e. The molecule has 126 valence electrons. The fourth-order valence-electron chi connectivity index (χ4n) is 3.17. The zero-order chi connectivity index (χ0) is 16.9. The van der Waals surface area contributed by atoms with E-state index in [0.29, 0.717) is 10.6 Å². The monoisotopic (exact) mass is 344 g/mol. The second kappa shape index (κ2) is 7.79. The van der Waals surface area contributed by atoms with E-state index < -0.39 is 0 Å². The molecule has 0 radical (unpaired) electrons. The molecule has 2 aromatic rings. The number of carbonyl (C=O) groups is 1. The molecule has 0 saturated carbocycles. The molecule has 0 bridgehead atoms. The van der Waals surface area contributed by atoms with E-state index in [2.05, 4.69) is 22.3 Å². The van der Waals surface area contributed by atoms with Gasteiger partial charge in [-0.25, -0.2) is 0 Å². The van der Waals surface area contributed by atoms with Crippen molar-refractivity contribution in [2.75, 3.05) is 19.7 Å². The van der Waals surface area contributed by atoms with Gasteiger partial charge in [0.2, 0.25) is 0 Å². The number of benzene rings is 2. The Labute approximate surface area is 147 Å². The Morgan fingerprint density at radius 1 is 1.12 bits per heavy atom. The summed E-state index contributed by atoms with van der Waals surface area (Å²) in [7, 11) is 0. The van der Waals surface area contributed by atoms with Crippen LogP contribution in [0.15, 0.2) is 54.6 Å². The maximum atomic E-state index is 12.5. The molecular formula is C19H21ClN2O2. The Morgan fingerprint density at radius 3 is 2.54 bits per heavy atom. The number of nitrogens with one attached hydrogen (secondary N) is 1. The van der Waals surface area contributed by atoms with E-state index in [1.54, 1.807) is 24.3 Å². The van der Waals surface area contributed by atoms with Gasteiger partial charge in [0.25, 0.3) is 5.91 Å². The summed E-state index contributed by atoms with van der Waals surface area (Å²) in [6.45, 7) is 2.35. The first-order valence-corrected chi connectivity index (χ1v) is 8.47. The average Bonchev–Trinajstić information content (AvgIpc) is 2.97. The molecule has 1 saturated heterocycles. The lowest BCUT2D eigenvalue weighted by Crippen LogP contribution is -2.41. The molecule has 1 fully saturated rings. The fourth-order valence-corrected chi connectivity index (χ4v) is 3.39. The first-order chi connectivity index (χ1) is 11.7. The number of aliphatic hydroxyl groups excluding tert-OH is 1. The third-order valence-corrected chi connectivity index (χ3v) is 4.76. The number of hydrogen-bond acceptors (Lipinski definition) is 3. The van der Waals surface area contributed by atoms with Crippen LogP contribution in [0.5, 0.6) is 0 Å². The van der Waals surface area contributed by atoms with Crippen LogP contribution in [0.2, 0.25) is 5.02 Å². The zero-order valence-electron chi connectivity index (χ0n) is 13.4. The van der Waals surface area contributed by atoms with Crippen molar-refractivity contribution in [3.63, 3.8) is 0 Å². The molecule has 24 heavy (non-hydrogen) atoms. The highest BCUT2D eigenvalue weighted by Crippen LogP contribution is 2.21. The van der Waals surface area contributed by atoms with E-state index in [1.807, 2.05) is 18.2 Å². The standard InChI is InChI=1S/C19H21ClN2O2/c20-17-9-5-4-8-16(17)19(24)21-18-12-22(11-15(18)13-23)10-14-6-2-1-3-7-14/h1-9,15,18,23H,10-13H2,(H,21,24)/t15-,18+/m0/s1. The van der Waals surface area contributed by atoms with Gasteiger partial charge in [0.05, 0.1) is 10.6 Å². The van der Waals surface area contributed by atoms with Gasteiger partial charge in [-0.2, -0.15) is 0 Å². The quantitative estimate of drug-likeness (QED) is 0.876. The summed E-state index contributed by atoms with van der Waals surface area (Å²) in [6.07, 6.45) is 0. The summed E-state index contributed by atoms with van der Waals surface area (Å²) < 4.78 is 0. The molecule has 2 atom stereocenters. The number of carbonyl (C=O) groups excluding carboxylic acids is 1. The summed E-state index contributed by atoms with van der Waals surface area (Å²) in [6, 6.07) is 17.1. The minimum atomic E-state index is -0.189. The molecule has 0 aromatic heterocycles. The van der Waals surface area contributed by atoms with Gasteiger partial charge in [0.15, 0.2) is 0 Å². The Kier molecular flexibility index (Phi) is 5.51. The molecule has 0 spiro atoms. The summed E-state index contributed by atoms with van der Waals surface area (Å²) >= 11 is 6.09. The Bertz CT molecular complexity index is 693. The van der Waals surface area contributed by atoms with Crippen LogP contribution in [-0.4, -0.2) is 41.7 Å². The van der Waals surface area contributed by atoms with E-state index >= 15 is 0 Å². The predicted octanol–water partition coefficient (Wildman–Crippen LogP) is 2.56. The van der Waals surface area contributed by atoms with Crippen LogP contribution < -0.4 is 5.32 Å². The highest BCUT2D eigenvalue weighted by molar-refractivity contribution is 6.33. The summed E-state index contributed by atoms with van der Waals surface area (Å²) in [5.74, 6) is -0.161. The molecule has 1 aliphatic rings. The highest BCUT2D eigenvalue weighted by Gasteiger charge is 2.33. The molecule has 1 heterocycles. The van der Waals surface area contributed by atoms with Crippen LogP contribution in [-0.2, 0) is 6.54 Å². The van der Waals surface area contributed by atoms with Gasteiger partial charge in [0.1, 0.15) is 0 Å². The maximum absolute atomic E-state index is 12.5. The second-order valence-corrected chi connectivity index (χ2v) is 6.59. The number of amides is 1. The molecule has 5 heteroatoms. The summed E-state index contributed by atoms with van der Waals surface area (Å²) in [4.78, 5) is 14.7. The molecule has 1 amide bonds. The molecule has 0 unspecified atom stereocenters. The number of halogens is 1. The van der Waals surface area contributed by atoms with Crippen LogP contribution in [0.1, 0.15) is 15.9 Å². The highest BCUT2D eigenvalue weighted by atomic mass is 35.5. The minimum absolute atomic E-state index is 0.0279. The number of nitrogens with zero attached hydrogens (tertiary/aromatic N) is 1. The van der Waals surface area contributed by atoms with Crippen molar-refractivity contribution in [2.24, 2.45) is 5.92 Å². The maximum Gasteiger partial charge on any atom is 0.253 e. The molecule has 0 aliphatic carbocycles. The zero-order valence-corrected chi connectivity index (χ0v) is 14.1. The molecular weight excluding hydrogens is 324 g/mol. The lowest BCUT2D eigenvalue weighted by atomic mass is 10.0. The van der Waals surface area contributed by atoms with Crippen molar-refractivity contribution < 1.29 is 9.90 Å². The van der Waals surface area contributed by atoms with Crippen molar-refractivity contribution in [3.8, 4) is 0 Å². The van der Waals surface area contributed by atoms with Crippen molar-refractivity contribution in [2.45, 2.75) is 12.6 Å². The lowest BCUT2D eigenvalue weighted by Gasteiger charge is -2.18. The minimum Gasteiger partial charge on any atom is -0.396 e. The molecule has 3 rings (SSSR count). The van der Waals surface area contributed by atoms with Crippen molar-refractivity contribution in [1.29, 1.82) is 0 Å². The largest absolute Gasteiger partial charge is 0.396 e. The van der Waals surface area contributed by atoms with Gasteiger partial charge in [-0.05, 0) is 17.7 Å². The summed E-state index contributed by atoms with van der Waals surface area (Å²) in [5.41, 5.74) is 1.70. The summed E-state index contributed by atoms with van der Waals surface area (Å²) in [5, 5.41) is 13.1. The van der Waals surface area contributed by atoms with Gasteiger partial charge < -0.3 is 10.4 Å². The van der Waals surface area contributed by atoms with Crippen LogP contribution in [0, 0.1) is 5.92 Å². The van der Waals surface area contributed by atoms with Crippen LogP contribution in [0.4, 0.5) is 0 Å². The molecule has 1 aliphatic heterocycles. The van der Waals surface area contributed by atoms with E-state index in [-0.39, 0.29) is 24.5 Å². The van der Waals surface area contributed by atoms with E-state index in [9.17, 15) is 9.90 Å². The average molecular weight is 345 g/mol. The van der Waals surface area contributed by atoms with Crippen LogP contribution in [0.3, 0.4) is 0 Å². The van der Waals surface area contributed by atoms with Crippen molar-refractivity contribution >= 4 is 17.5 Å². The number of likely N-dealkylation sites (tertiary alicyclic amines) is 1. The van der Waals surface area contributed by atoms with E-state index in [0.717, 1.165) is 19.6 Å². The van der Waals surface area contributed by atoms with Gasteiger partial charge in [-0.3, -0.25) is 9.69 Å². The third-order valence-electron chi connectivity index (χ3n) is 4.44. The second-order valence-electron chi connectivity index (χ2n) is 6.18. The SMILES string of the molecule is O=C(N[C@@H]1CN(Cc2ccccc2)C[C@H]1CO)c1ccccc1Cl. The molecule has 2 N–H and O–H groups in total. The van der Waals surface area contributed by atoms with Crippen LogP contribution in [0.25, 0.3) is 0 Å². The number of rotatable bonds is 5. The first-order valence-electron chi connectivity index (χ1n) is 8.10. The normalized spacial score (nSPS) is 20.9. The topological polar surface area (TPSA) is 52.6 Å². The van der Waals surface area contributed by atoms with Gasteiger partial charge in [-0.15, -0.1) is 0 Å². The number of aliphatic hydroxyl groups is 1. The predicted molar refractivity (Wildman–Crippen MR) is 95.0 cm³/mol. The van der Waals surface area contributed by atoms with E-state index in [1.165, 1.54) is 5.56 Å². The molecule has 4 nitrogen and oxygen atoms in total. The van der Waals surface area contributed by atoms with E-state index in [4.69, 9.17) is 11.6 Å². The van der Waals surface area contributed by atoms with Gasteiger partial charge >= 0.3 is 0 Å². The molecule has 2 aromatic carbocycles. The Morgan fingerprint density at radius 2 is 1.83 bits per heavy atom. The Hall–Kier alpha value is -1.88. The number of hydrogen-bond donors (Lipinski definition) is 2. The Balaban J connectivity index is 1.65. The van der Waals surface area contributed by atoms with Gasteiger partial charge in [0, 0.05) is 38.2 Å². The fraction of sp³-hybridized carbons (Fsp3) is 0.316. The lowest BCUT2D eigenvalue weighted by molar-refractivity contribution is 0.0921. The first kappa shape index (κ1) is 17.0. The third kappa shape index (κ3) is 3.96.